The normalized spacial score (nSPS) is 12.2. The first-order valence-electron chi connectivity index (χ1n) is 6.32. The standard InChI is InChI=1S/C12H25N3O3/c1-10(7-9-15(2)3)14-12(18)13-8-5-4-6-11(16)17/h10H,4-9H2,1-3H3,(H,16,17)(H2,13,14,18). The van der Waals surface area contributed by atoms with Gasteiger partial charge in [0, 0.05) is 19.0 Å². The van der Waals surface area contributed by atoms with Gasteiger partial charge in [0.15, 0.2) is 0 Å². The SMILES string of the molecule is CC(CCN(C)C)NC(=O)NCCCCC(=O)O. The molecule has 0 aliphatic rings. The van der Waals surface area contributed by atoms with E-state index in [0.717, 1.165) is 13.0 Å². The van der Waals surface area contributed by atoms with Gasteiger partial charge in [-0.2, -0.15) is 0 Å². The summed E-state index contributed by atoms with van der Waals surface area (Å²) in [4.78, 5) is 23.8. The van der Waals surface area contributed by atoms with Crippen molar-refractivity contribution in [2.75, 3.05) is 27.2 Å². The summed E-state index contributed by atoms with van der Waals surface area (Å²) in [7, 11) is 3.99. The molecule has 3 N–H and O–H groups in total. The quantitative estimate of drug-likeness (QED) is 0.537. The fourth-order valence-corrected chi connectivity index (χ4v) is 1.40. The molecule has 0 spiro atoms. The van der Waals surface area contributed by atoms with E-state index < -0.39 is 5.97 Å². The van der Waals surface area contributed by atoms with Crippen LogP contribution >= 0.6 is 0 Å². The molecule has 0 heterocycles. The Hall–Kier alpha value is -1.30. The Kier molecular flexibility index (Phi) is 9.00. The third-order valence-corrected chi connectivity index (χ3v) is 2.49. The molecule has 1 unspecified atom stereocenters. The number of amides is 2. The number of rotatable bonds is 9. The zero-order chi connectivity index (χ0) is 14.0. The van der Waals surface area contributed by atoms with Crippen molar-refractivity contribution in [3.8, 4) is 0 Å². The van der Waals surface area contributed by atoms with E-state index in [4.69, 9.17) is 5.11 Å². The summed E-state index contributed by atoms with van der Waals surface area (Å²) in [6.07, 6.45) is 2.33. The van der Waals surface area contributed by atoms with Gasteiger partial charge >= 0.3 is 12.0 Å². The van der Waals surface area contributed by atoms with E-state index in [1.807, 2.05) is 21.0 Å². The van der Waals surface area contributed by atoms with Crippen LogP contribution in [0.1, 0.15) is 32.6 Å². The smallest absolute Gasteiger partial charge is 0.314 e. The van der Waals surface area contributed by atoms with E-state index in [0.29, 0.717) is 19.4 Å². The number of carbonyl (C=O) groups is 2. The molecule has 2 amide bonds. The van der Waals surface area contributed by atoms with E-state index in [2.05, 4.69) is 15.5 Å². The second-order valence-electron chi connectivity index (χ2n) is 4.74. The molecule has 0 aromatic rings. The van der Waals surface area contributed by atoms with Crippen LogP contribution in [0.15, 0.2) is 0 Å². The van der Waals surface area contributed by atoms with Crippen molar-refractivity contribution in [2.24, 2.45) is 0 Å². The van der Waals surface area contributed by atoms with Gasteiger partial charge in [-0.25, -0.2) is 4.79 Å². The molecule has 0 bridgehead atoms. The Morgan fingerprint density at radius 2 is 1.94 bits per heavy atom. The summed E-state index contributed by atoms with van der Waals surface area (Å²) in [5, 5.41) is 14.0. The third kappa shape index (κ3) is 11.2. The Morgan fingerprint density at radius 3 is 2.50 bits per heavy atom. The number of hydrogen-bond donors (Lipinski definition) is 3. The van der Waals surface area contributed by atoms with E-state index >= 15 is 0 Å². The minimum absolute atomic E-state index is 0.131. The summed E-state index contributed by atoms with van der Waals surface area (Å²) in [5.41, 5.74) is 0. The van der Waals surface area contributed by atoms with Crippen molar-refractivity contribution < 1.29 is 14.7 Å². The predicted molar refractivity (Wildman–Crippen MR) is 70.7 cm³/mol. The number of unbranched alkanes of at least 4 members (excludes halogenated alkanes) is 1. The van der Waals surface area contributed by atoms with Gasteiger partial charge in [-0.1, -0.05) is 0 Å². The van der Waals surface area contributed by atoms with Crippen molar-refractivity contribution in [1.29, 1.82) is 0 Å². The number of nitrogens with one attached hydrogen (secondary N) is 2. The average molecular weight is 259 g/mol. The topological polar surface area (TPSA) is 81.7 Å². The van der Waals surface area contributed by atoms with Crippen molar-refractivity contribution in [3.63, 3.8) is 0 Å². The molecule has 0 aromatic carbocycles. The molecule has 6 nitrogen and oxygen atoms in total. The number of hydrogen-bond acceptors (Lipinski definition) is 3. The van der Waals surface area contributed by atoms with E-state index in [-0.39, 0.29) is 18.5 Å². The van der Waals surface area contributed by atoms with Gasteiger partial charge in [0.05, 0.1) is 0 Å². The number of carbonyl (C=O) groups excluding carboxylic acids is 1. The van der Waals surface area contributed by atoms with Gasteiger partial charge in [-0.3, -0.25) is 4.79 Å². The molecular formula is C12H25N3O3. The molecule has 0 radical (unpaired) electrons. The predicted octanol–water partition coefficient (Wildman–Crippen LogP) is 0.881. The Bertz CT molecular complexity index is 257. The highest BCUT2D eigenvalue weighted by atomic mass is 16.4. The second kappa shape index (κ2) is 9.70. The Labute approximate surface area is 109 Å². The lowest BCUT2D eigenvalue weighted by Crippen LogP contribution is -2.42. The number of aliphatic carboxylic acids is 1. The van der Waals surface area contributed by atoms with E-state index in [9.17, 15) is 9.59 Å². The highest BCUT2D eigenvalue weighted by Gasteiger charge is 2.06. The first-order valence-corrected chi connectivity index (χ1v) is 6.32. The first kappa shape index (κ1) is 16.7. The molecule has 106 valence electrons. The van der Waals surface area contributed by atoms with Crippen LogP contribution in [-0.4, -0.2) is 55.2 Å². The molecule has 0 rings (SSSR count). The highest BCUT2D eigenvalue weighted by molar-refractivity contribution is 5.74. The lowest BCUT2D eigenvalue weighted by molar-refractivity contribution is -0.137. The third-order valence-electron chi connectivity index (χ3n) is 2.49. The lowest BCUT2D eigenvalue weighted by atomic mass is 10.2. The van der Waals surface area contributed by atoms with Crippen molar-refractivity contribution in [1.82, 2.24) is 15.5 Å². The first-order chi connectivity index (χ1) is 8.41. The molecule has 18 heavy (non-hydrogen) atoms. The zero-order valence-corrected chi connectivity index (χ0v) is 11.5. The molecule has 0 fully saturated rings. The summed E-state index contributed by atoms with van der Waals surface area (Å²) in [5.74, 6) is -0.795. The van der Waals surface area contributed by atoms with Crippen LogP contribution in [0, 0.1) is 0 Å². The maximum absolute atomic E-state index is 11.4. The van der Waals surface area contributed by atoms with Crippen LogP contribution in [-0.2, 0) is 4.79 Å². The second-order valence-corrected chi connectivity index (χ2v) is 4.74. The van der Waals surface area contributed by atoms with Crippen LogP contribution in [0.25, 0.3) is 0 Å². The Morgan fingerprint density at radius 1 is 1.28 bits per heavy atom. The van der Waals surface area contributed by atoms with Gasteiger partial charge < -0.3 is 20.6 Å². The van der Waals surface area contributed by atoms with Crippen LogP contribution in [0.3, 0.4) is 0 Å². The van der Waals surface area contributed by atoms with Crippen LogP contribution in [0.5, 0.6) is 0 Å². The number of carboxylic acids is 1. The number of carboxylic acid groups (broad SMARTS) is 1. The van der Waals surface area contributed by atoms with Gasteiger partial charge in [-0.15, -0.1) is 0 Å². The van der Waals surface area contributed by atoms with Gasteiger partial charge in [0.2, 0.25) is 0 Å². The monoisotopic (exact) mass is 259 g/mol. The summed E-state index contributed by atoms with van der Waals surface area (Å²) >= 11 is 0. The Balaban J connectivity index is 3.49. The largest absolute Gasteiger partial charge is 0.481 e. The molecule has 0 saturated carbocycles. The fourth-order valence-electron chi connectivity index (χ4n) is 1.40. The van der Waals surface area contributed by atoms with Crippen LogP contribution in [0.4, 0.5) is 4.79 Å². The van der Waals surface area contributed by atoms with Crippen LogP contribution in [0.2, 0.25) is 0 Å². The zero-order valence-electron chi connectivity index (χ0n) is 11.5. The average Bonchev–Trinajstić information content (AvgIpc) is 2.25. The molecule has 0 aliphatic carbocycles. The van der Waals surface area contributed by atoms with E-state index in [1.165, 1.54) is 0 Å². The number of nitrogens with zero attached hydrogens (tertiary/aromatic N) is 1. The minimum Gasteiger partial charge on any atom is -0.481 e. The number of urea groups is 1. The van der Waals surface area contributed by atoms with Crippen molar-refractivity contribution >= 4 is 12.0 Å². The van der Waals surface area contributed by atoms with Crippen LogP contribution < -0.4 is 10.6 Å². The highest BCUT2D eigenvalue weighted by Crippen LogP contribution is 1.94. The molecule has 0 aliphatic heterocycles. The summed E-state index contributed by atoms with van der Waals surface area (Å²) in [6, 6.07) is -0.0528. The minimum atomic E-state index is -0.795. The van der Waals surface area contributed by atoms with Gasteiger partial charge in [0.1, 0.15) is 0 Å². The molecule has 6 heteroatoms. The van der Waals surface area contributed by atoms with Gasteiger partial charge in [0.25, 0.3) is 0 Å². The van der Waals surface area contributed by atoms with Crippen molar-refractivity contribution in [2.45, 2.75) is 38.6 Å². The van der Waals surface area contributed by atoms with Crippen molar-refractivity contribution in [3.05, 3.63) is 0 Å². The fraction of sp³-hybridized carbons (Fsp3) is 0.833. The summed E-state index contributed by atoms with van der Waals surface area (Å²) < 4.78 is 0. The molecule has 0 saturated heterocycles. The van der Waals surface area contributed by atoms with Gasteiger partial charge in [-0.05, 0) is 46.8 Å². The molecule has 0 aromatic heterocycles. The maximum Gasteiger partial charge on any atom is 0.314 e. The lowest BCUT2D eigenvalue weighted by Gasteiger charge is -2.17. The molecular weight excluding hydrogens is 234 g/mol. The van der Waals surface area contributed by atoms with E-state index in [1.54, 1.807) is 0 Å². The molecule has 1 atom stereocenters. The summed E-state index contributed by atoms with van der Waals surface area (Å²) in [6.45, 7) is 3.41. The maximum atomic E-state index is 11.4.